The molecule has 3 rings (SSSR count). The zero-order valence-corrected chi connectivity index (χ0v) is 23.2. The first-order chi connectivity index (χ1) is 18.1. The molecule has 0 aliphatic rings. The van der Waals surface area contributed by atoms with E-state index in [0.717, 1.165) is 29.1 Å². The van der Waals surface area contributed by atoms with Crippen LogP contribution in [-0.4, -0.2) is 39.7 Å². The number of benzene rings is 2. The maximum Gasteiger partial charge on any atom is 0.416 e. The van der Waals surface area contributed by atoms with Crippen LogP contribution in [0.25, 0.3) is 5.69 Å². The van der Waals surface area contributed by atoms with Crippen molar-refractivity contribution >= 4 is 23.4 Å². The van der Waals surface area contributed by atoms with Crippen molar-refractivity contribution in [1.82, 2.24) is 14.7 Å². The molecule has 10 heteroatoms. The predicted molar refractivity (Wildman–Crippen MR) is 147 cm³/mol. The molecule has 1 aromatic heterocycles. The molecule has 2 aromatic carbocycles. The molecule has 0 unspecified atom stereocenters. The van der Waals surface area contributed by atoms with Crippen LogP contribution >= 0.6 is 0 Å². The molecule has 0 saturated carbocycles. The zero-order valence-electron chi connectivity index (χ0n) is 23.2. The summed E-state index contributed by atoms with van der Waals surface area (Å²) >= 11 is 0. The highest BCUT2D eigenvalue weighted by Gasteiger charge is 2.30. The van der Waals surface area contributed by atoms with Crippen LogP contribution < -0.4 is 10.6 Å². The third-order valence-corrected chi connectivity index (χ3v) is 6.05. The Morgan fingerprint density at radius 1 is 1.00 bits per heavy atom. The van der Waals surface area contributed by atoms with Gasteiger partial charge in [0.15, 0.2) is 0 Å². The molecule has 0 spiro atoms. The second-order valence-electron chi connectivity index (χ2n) is 11.1. The number of amides is 3. The van der Waals surface area contributed by atoms with Gasteiger partial charge in [0.05, 0.1) is 16.9 Å². The fourth-order valence-corrected chi connectivity index (χ4v) is 3.76. The van der Waals surface area contributed by atoms with Gasteiger partial charge >= 0.3 is 12.2 Å². The molecule has 0 aliphatic heterocycles. The SMILES string of the molecule is Cc1cccc(-n2nc(C(C)(C)C)cc2NC(=O)CN(CCC(C)C)C(=O)Nc2ccc(C(F)(F)F)cc2)c1. The Kier molecular flexibility index (Phi) is 9.09. The summed E-state index contributed by atoms with van der Waals surface area (Å²) in [5, 5.41) is 10.2. The van der Waals surface area contributed by atoms with Crippen LogP contribution in [0.4, 0.5) is 29.5 Å². The van der Waals surface area contributed by atoms with Gasteiger partial charge in [-0.15, -0.1) is 0 Å². The van der Waals surface area contributed by atoms with Gasteiger partial charge in [0.25, 0.3) is 0 Å². The fraction of sp³-hybridized carbons (Fsp3) is 0.414. The second-order valence-corrected chi connectivity index (χ2v) is 11.1. The largest absolute Gasteiger partial charge is 0.416 e. The lowest BCUT2D eigenvalue weighted by Gasteiger charge is -2.23. The van der Waals surface area contributed by atoms with Crippen molar-refractivity contribution < 1.29 is 22.8 Å². The molecular weight excluding hydrogens is 507 g/mol. The molecule has 0 atom stereocenters. The molecule has 0 bridgehead atoms. The highest BCUT2D eigenvalue weighted by atomic mass is 19.4. The van der Waals surface area contributed by atoms with Crippen LogP contribution in [0.1, 0.15) is 57.9 Å². The molecule has 0 saturated heterocycles. The molecule has 39 heavy (non-hydrogen) atoms. The summed E-state index contributed by atoms with van der Waals surface area (Å²) in [6.07, 6.45) is -3.83. The number of aromatic nitrogens is 2. The quantitative estimate of drug-likeness (QED) is 0.321. The van der Waals surface area contributed by atoms with Gasteiger partial charge in [0, 0.05) is 23.7 Å². The Labute approximate surface area is 227 Å². The average Bonchev–Trinajstić information content (AvgIpc) is 3.25. The summed E-state index contributed by atoms with van der Waals surface area (Å²) in [5.41, 5.74) is 1.75. The highest BCUT2D eigenvalue weighted by Crippen LogP contribution is 2.30. The number of urea groups is 1. The number of aryl methyl sites for hydroxylation is 1. The van der Waals surface area contributed by atoms with Gasteiger partial charge < -0.3 is 15.5 Å². The fourth-order valence-electron chi connectivity index (χ4n) is 3.76. The van der Waals surface area contributed by atoms with E-state index in [4.69, 9.17) is 5.10 Å². The van der Waals surface area contributed by atoms with E-state index in [9.17, 15) is 22.8 Å². The molecule has 0 aliphatic carbocycles. The monoisotopic (exact) mass is 543 g/mol. The minimum Gasteiger partial charge on any atom is -0.315 e. The number of anilines is 2. The van der Waals surface area contributed by atoms with Crippen molar-refractivity contribution in [2.45, 2.75) is 59.6 Å². The van der Waals surface area contributed by atoms with Crippen molar-refractivity contribution in [2.75, 3.05) is 23.7 Å². The first-order valence-electron chi connectivity index (χ1n) is 12.8. The van der Waals surface area contributed by atoms with Crippen LogP contribution in [-0.2, 0) is 16.4 Å². The maximum absolute atomic E-state index is 13.2. The van der Waals surface area contributed by atoms with Gasteiger partial charge in [0.2, 0.25) is 5.91 Å². The van der Waals surface area contributed by atoms with Gasteiger partial charge in [0.1, 0.15) is 12.4 Å². The van der Waals surface area contributed by atoms with Crippen molar-refractivity contribution in [3.8, 4) is 5.69 Å². The lowest BCUT2D eigenvalue weighted by molar-refractivity contribution is -0.137. The Bertz CT molecular complexity index is 1290. The van der Waals surface area contributed by atoms with E-state index >= 15 is 0 Å². The molecule has 0 radical (unpaired) electrons. The average molecular weight is 544 g/mol. The molecule has 0 fully saturated rings. The van der Waals surface area contributed by atoms with Crippen LogP contribution in [0, 0.1) is 12.8 Å². The highest BCUT2D eigenvalue weighted by molar-refractivity contribution is 5.96. The summed E-state index contributed by atoms with van der Waals surface area (Å²) in [6, 6.07) is 13.2. The summed E-state index contributed by atoms with van der Waals surface area (Å²) in [7, 11) is 0. The van der Waals surface area contributed by atoms with Crippen molar-refractivity contribution in [3.05, 3.63) is 71.4 Å². The number of carbonyl (C=O) groups is 2. The number of nitrogens with zero attached hydrogens (tertiary/aromatic N) is 3. The van der Waals surface area contributed by atoms with Gasteiger partial charge in [-0.1, -0.05) is 46.8 Å². The van der Waals surface area contributed by atoms with Crippen molar-refractivity contribution in [2.24, 2.45) is 5.92 Å². The third-order valence-electron chi connectivity index (χ3n) is 6.05. The van der Waals surface area contributed by atoms with Crippen LogP contribution in [0.3, 0.4) is 0 Å². The van der Waals surface area contributed by atoms with E-state index in [1.165, 1.54) is 17.0 Å². The van der Waals surface area contributed by atoms with Gasteiger partial charge in [-0.2, -0.15) is 18.3 Å². The zero-order chi connectivity index (χ0) is 29.0. The number of hydrogen-bond acceptors (Lipinski definition) is 3. The minimum atomic E-state index is -4.47. The van der Waals surface area contributed by atoms with Gasteiger partial charge in [-0.05, 0) is 61.2 Å². The Balaban J connectivity index is 1.80. The van der Waals surface area contributed by atoms with Crippen molar-refractivity contribution in [3.63, 3.8) is 0 Å². The minimum absolute atomic E-state index is 0.204. The molecule has 7 nitrogen and oxygen atoms in total. The van der Waals surface area contributed by atoms with Gasteiger partial charge in [-0.3, -0.25) is 4.79 Å². The van der Waals surface area contributed by atoms with Crippen LogP contribution in [0.15, 0.2) is 54.6 Å². The van der Waals surface area contributed by atoms with Crippen LogP contribution in [0.5, 0.6) is 0 Å². The number of hydrogen-bond donors (Lipinski definition) is 2. The maximum atomic E-state index is 13.2. The molecule has 3 amide bonds. The topological polar surface area (TPSA) is 79.3 Å². The molecular formula is C29H36F3N5O2. The molecule has 2 N–H and O–H groups in total. The van der Waals surface area contributed by atoms with E-state index < -0.39 is 23.7 Å². The Hall–Kier alpha value is -3.82. The smallest absolute Gasteiger partial charge is 0.315 e. The molecule has 3 aromatic rings. The van der Waals surface area contributed by atoms with E-state index in [-0.39, 0.29) is 23.6 Å². The second kappa shape index (κ2) is 11.9. The predicted octanol–water partition coefficient (Wildman–Crippen LogP) is 7.02. The lowest BCUT2D eigenvalue weighted by atomic mass is 9.92. The summed E-state index contributed by atoms with van der Waals surface area (Å²) in [5.74, 6) is 0.324. The van der Waals surface area contributed by atoms with Crippen LogP contribution in [0.2, 0.25) is 0 Å². The van der Waals surface area contributed by atoms with Crippen molar-refractivity contribution in [1.29, 1.82) is 0 Å². The van der Waals surface area contributed by atoms with E-state index in [2.05, 4.69) is 10.6 Å². The van der Waals surface area contributed by atoms with E-state index in [1.54, 1.807) is 4.68 Å². The summed E-state index contributed by atoms with van der Waals surface area (Å²) in [6.45, 7) is 12.1. The lowest BCUT2D eigenvalue weighted by Crippen LogP contribution is -2.41. The summed E-state index contributed by atoms with van der Waals surface area (Å²) < 4.78 is 40.3. The Morgan fingerprint density at radius 3 is 2.23 bits per heavy atom. The summed E-state index contributed by atoms with van der Waals surface area (Å²) in [4.78, 5) is 27.6. The number of halogens is 3. The van der Waals surface area contributed by atoms with E-state index in [0.29, 0.717) is 18.8 Å². The number of alkyl halides is 3. The number of nitrogens with one attached hydrogen (secondary N) is 2. The number of rotatable bonds is 8. The first-order valence-corrected chi connectivity index (χ1v) is 12.8. The normalized spacial score (nSPS) is 11.9. The molecule has 210 valence electrons. The first kappa shape index (κ1) is 29.7. The third kappa shape index (κ3) is 8.33. The number of carbonyl (C=O) groups excluding carboxylic acids is 2. The Morgan fingerprint density at radius 2 is 1.67 bits per heavy atom. The van der Waals surface area contributed by atoms with Gasteiger partial charge in [-0.25, -0.2) is 9.48 Å². The van der Waals surface area contributed by atoms with E-state index in [1.807, 2.05) is 71.9 Å². The standard InChI is InChI=1S/C29H36F3N5O2/c1-19(2)14-15-36(27(39)33-22-12-10-21(11-13-22)29(30,31)32)18-26(38)34-25-17-24(28(4,5)6)35-37(25)23-9-7-8-20(3)16-23/h7-13,16-17,19H,14-15,18H2,1-6H3,(H,33,39)(H,34,38). The molecule has 1 heterocycles.